The van der Waals surface area contributed by atoms with Crippen LogP contribution in [0.15, 0.2) is 48.6 Å². The van der Waals surface area contributed by atoms with Crippen molar-refractivity contribution in [3.05, 3.63) is 48.6 Å². The van der Waals surface area contributed by atoms with Gasteiger partial charge < -0.3 is 4.74 Å². The Labute approximate surface area is 116 Å². The Hall–Kier alpha value is -2.62. The number of imide groups is 1. The molecule has 0 saturated heterocycles. The molecule has 0 bridgehead atoms. The fourth-order valence-corrected chi connectivity index (χ4v) is 2.36. The van der Waals surface area contributed by atoms with Crippen LogP contribution in [0.3, 0.4) is 0 Å². The number of fused-ring (bicyclic) bond motifs is 1. The number of carbonyl (C=O) groups excluding carboxylic acids is 2. The number of hydrogen-bond acceptors (Lipinski definition) is 3. The fraction of sp³-hybridized carbons (Fsp3) is 0.125. The van der Waals surface area contributed by atoms with Crippen molar-refractivity contribution < 1.29 is 14.3 Å². The third kappa shape index (κ3) is 1.86. The first-order valence-corrected chi connectivity index (χ1v) is 6.43. The number of hydrogen-bond donors (Lipinski definition) is 0. The molecule has 0 fully saturated rings. The molecule has 0 spiro atoms. The molecule has 0 saturated carbocycles. The molecular weight excluding hydrogens is 254 g/mol. The van der Waals surface area contributed by atoms with Crippen LogP contribution < -0.4 is 9.64 Å². The number of nitrogens with zero attached hydrogens (tertiary/aromatic N) is 1. The second kappa shape index (κ2) is 4.81. The van der Waals surface area contributed by atoms with Crippen LogP contribution in [0.4, 0.5) is 5.69 Å². The Bertz CT molecular complexity index is 716. The summed E-state index contributed by atoms with van der Waals surface area (Å²) >= 11 is 0. The van der Waals surface area contributed by atoms with Gasteiger partial charge in [0.15, 0.2) is 0 Å². The molecule has 0 unspecified atom stereocenters. The van der Waals surface area contributed by atoms with Crippen LogP contribution >= 0.6 is 0 Å². The maximum atomic E-state index is 11.9. The fourth-order valence-electron chi connectivity index (χ4n) is 2.36. The van der Waals surface area contributed by atoms with Crippen molar-refractivity contribution in [3.63, 3.8) is 0 Å². The van der Waals surface area contributed by atoms with Crippen LogP contribution in [0.5, 0.6) is 5.75 Å². The van der Waals surface area contributed by atoms with Gasteiger partial charge in [-0.1, -0.05) is 30.3 Å². The topological polar surface area (TPSA) is 46.6 Å². The first-order chi connectivity index (χ1) is 9.72. The first kappa shape index (κ1) is 12.4. The molecule has 1 aliphatic rings. The minimum atomic E-state index is -0.340. The molecule has 3 rings (SSSR count). The van der Waals surface area contributed by atoms with Gasteiger partial charge in [-0.15, -0.1) is 0 Å². The molecule has 2 aromatic rings. The number of carbonyl (C=O) groups is 2. The van der Waals surface area contributed by atoms with Gasteiger partial charge >= 0.3 is 0 Å². The highest BCUT2D eigenvalue weighted by Gasteiger charge is 2.29. The highest BCUT2D eigenvalue weighted by molar-refractivity contribution is 6.31. The average Bonchev–Trinajstić information content (AvgIpc) is 2.79. The van der Waals surface area contributed by atoms with Gasteiger partial charge in [0.1, 0.15) is 11.4 Å². The molecule has 2 amide bonds. The minimum absolute atomic E-state index is 0.340. The predicted octanol–water partition coefficient (Wildman–Crippen LogP) is 2.67. The van der Waals surface area contributed by atoms with Gasteiger partial charge in [0, 0.05) is 17.5 Å². The maximum absolute atomic E-state index is 11.9. The van der Waals surface area contributed by atoms with Crippen LogP contribution in [-0.4, -0.2) is 18.4 Å². The number of amides is 2. The molecule has 1 aliphatic heterocycles. The third-order valence-electron chi connectivity index (χ3n) is 3.20. The van der Waals surface area contributed by atoms with Gasteiger partial charge in [-0.2, -0.15) is 0 Å². The van der Waals surface area contributed by atoms with Crippen molar-refractivity contribution in [2.75, 3.05) is 11.5 Å². The molecule has 4 heteroatoms. The number of rotatable bonds is 3. The Kier molecular flexibility index (Phi) is 2.99. The molecule has 100 valence electrons. The number of ether oxygens (including phenoxy) is 1. The van der Waals surface area contributed by atoms with Crippen LogP contribution in [0.1, 0.15) is 6.92 Å². The van der Waals surface area contributed by atoms with Gasteiger partial charge in [0.2, 0.25) is 0 Å². The third-order valence-corrected chi connectivity index (χ3v) is 3.20. The van der Waals surface area contributed by atoms with Gasteiger partial charge in [0.05, 0.1) is 6.61 Å². The largest absolute Gasteiger partial charge is 0.492 e. The van der Waals surface area contributed by atoms with E-state index in [1.165, 1.54) is 12.2 Å². The van der Waals surface area contributed by atoms with E-state index in [4.69, 9.17) is 4.74 Å². The van der Waals surface area contributed by atoms with Crippen molar-refractivity contribution in [3.8, 4) is 5.75 Å². The van der Waals surface area contributed by atoms with Gasteiger partial charge in [-0.25, -0.2) is 4.90 Å². The SMILES string of the molecule is CCOc1ccc2ccccc2c1N1C(=O)C=CC1=O. The summed E-state index contributed by atoms with van der Waals surface area (Å²) in [7, 11) is 0. The van der Waals surface area contributed by atoms with Crippen molar-refractivity contribution >= 4 is 28.3 Å². The predicted molar refractivity (Wildman–Crippen MR) is 76.8 cm³/mol. The molecule has 0 radical (unpaired) electrons. The molecule has 20 heavy (non-hydrogen) atoms. The van der Waals surface area contributed by atoms with Crippen molar-refractivity contribution in [1.29, 1.82) is 0 Å². The average molecular weight is 267 g/mol. The lowest BCUT2D eigenvalue weighted by molar-refractivity contribution is -0.120. The second-order valence-electron chi connectivity index (χ2n) is 4.41. The smallest absolute Gasteiger partial charge is 0.258 e. The summed E-state index contributed by atoms with van der Waals surface area (Å²) in [6.07, 6.45) is 2.56. The van der Waals surface area contributed by atoms with Gasteiger partial charge in [-0.05, 0) is 18.4 Å². The number of benzene rings is 2. The lowest BCUT2D eigenvalue weighted by Crippen LogP contribution is -2.30. The van der Waals surface area contributed by atoms with E-state index in [0.29, 0.717) is 18.0 Å². The molecule has 1 heterocycles. The Balaban J connectivity index is 2.27. The Morgan fingerprint density at radius 1 is 1.00 bits per heavy atom. The Morgan fingerprint density at radius 2 is 1.70 bits per heavy atom. The highest BCUT2D eigenvalue weighted by Crippen LogP contribution is 2.37. The highest BCUT2D eigenvalue weighted by atomic mass is 16.5. The molecule has 2 aromatic carbocycles. The summed E-state index contributed by atoms with van der Waals surface area (Å²) in [5.41, 5.74) is 0.518. The molecule has 0 atom stereocenters. The van der Waals surface area contributed by atoms with Crippen LogP contribution in [0.2, 0.25) is 0 Å². The maximum Gasteiger partial charge on any atom is 0.258 e. The summed E-state index contributed by atoms with van der Waals surface area (Å²) in [4.78, 5) is 25.1. The quantitative estimate of drug-likeness (QED) is 0.803. The standard InChI is InChI=1S/C16H13NO3/c1-2-20-13-8-7-11-5-3-4-6-12(11)16(13)17-14(18)9-10-15(17)19/h3-10H,2H2,1H3. The zero-order valence-electron chi connectivity index (χ0n) is 11.0. The van der Waals surface area contributed by atoms with Crippen molar-refractivity contribution in [2.45, 2.75) is 6.92 Å². The first-order valence-electron chi connectivity index (χ1n) is 6.43. The lowest BCUT2D eigenvalue weighted by atomic mass is 10.1. The summed E-state index contributed by atoms with van der Waals surface area (Å²) < 4.78 is 5.58. The molecule has 0 aromatic heterocycles. The monoisotopic (exact) mass is 267 g/mol. The summed E-state index contributed by atoms with van der Waals surface area (Å²) in [5, 5.41) is 1.78. The molecule has 0 N–H and O–H groups in total. The van der Waals surface area contributed by atoms with E-state index in [1.807, 2.05) is 37.3 Å². The van der Waals surface area contributed by atoms with E-state index in [9.17, 15) is 9.59 Å². The van der Waals surface area contributed by atoms with E-state index < -0.39 is 0 Å². The summed E-state index contributed by atoms with van der Waals surface area (Å²) in [5.74, 6) is -0.142. The second-order valence-corrected chi connectivity index (χ2v) is 4.41. The Morgan fingerprint density at radius 3 is 2.40 bits per heavy atom. The van der Waals surface area contributed by atoms with Crippen LogP contribution in [-0.2, 0) is 9.59 Å². The number of anilines is 1. The summed E-state index contributed by atoms with van der Waals surface area (Å²) in [6.45, 7) is 2.33. The van der Waals surface area contributed by atoms with Crippen molar-refractivity contribution in [2.24, 2.45) is 0 Å². The van der Waals surface area contributed by atoms with E-state index >= 15 is 0 Å². The van der Waals surface area contributed by atoms with Gasteiger partial charge in [0.25, 0.3) is 11.8 Å². The zero-order chi connectivity index (χ0) is 14.1. The van der Waals surface area contributed by atoms with E-state index in [1.54, 1.807) is 6.07 Å². The lowest BCUT2D eigenvalue weighted by Gasteiger charge is -2.20. The van der Waals surface area contributed by atoms with Crippen LogP contribution in [0.25, 0.3) is 10.8 Å². The zero-order valence-corrected chi connectivity index (χ0v) is 11.0. The van der Waals surface area contributed by atoms with E-state index in [0.717, 1.165) is 15.7 Å². The minimum Gasteiger partial charge on any atom is -0.492 e. The van der Waals surface area contributed by atoms with E-state index in [2.05, 4.69) is 0 Å². The molecule has 4 nitrogen and oxygen atoms in total. The molecule has 0 aliphatic carbocycles. The summed E-state index contributed by atoms with van der Waals surface area (Å²) in [6, 6.07) is 11.3. The van der Waals surface area contributed by atoms with Crippen molar-refractivity contribution in [1.82, 2.24) is 0 Å². The van der Waals surface area contributed by atoms with E-state index in [-0.39, 0.29) is 11.8 Å². The molecular formula is C16H13NO3. The van der Waals surface area contributed by atoms with Crippen LogP contribution in [0, 0.1) is 0 Å². The van der Waals surface area contributed by atoms with Gasteiger partial charge in [-0.3, -0.25) is 9.59 Å². The normalized spacial score (nSPS) is 14.3.